The Labute approximate surface area is 152 Å². The number of aliphatic imine (C=N–C) groups is 1. The lowest BCUT2D eigenvalue weighted by Gasteiger charge is -2.35. The lowest BCUT2D eigenvalue weighted by molar-refractivity contribution is -0.141. The van der Waals surface area contributed by atoms with E-state index in [0.29, 0.717) is 29.8 Å². The fourth-order valence-electron chi connectivity index (χ4n) is 3.96. The molecule has 1 aliphatic heterocycles. The van der Waals surface area contributed by atoms with E-state index in [1.54, 1.807) is 18.3 Å². The van der Waals surface area contributed by atoms with Gasteiger partial charge < -0.3 is 5.32 Å². The average molecular weight is 372 g/mol. The first kappa shape index (κ1) is 16.4. The molecule has 0 unspecified atom stereocenters. The van der Waals surface area contributed by atoms with Gasteiger partial charge in [-0.25, -0.2) is 4.98 Å². The summed E-state index contributed by atoms with van der Waals surface area (Å²) in [6, 6.07) is 5.89. The van der Waals surface area contributed by atoms with Gasteiger partial charge in [-0.05, 0) is 49.4 Å². The van der Waals surface area contributed by atoms with Crippen LogP contribution in [0.15, 0.2) is 35.5 Å². The Balaban J connectivity index is 1.78. The molecule has 3 heterocycles. The maximum absolute atomic E-state index is 13.3. The minimum atomic E-state index is -4.59. The van der Waals surface area contributed by atoms with Crippen molar-refractivity contribution in [3.05, 3.63) is 58.7 Å². The molecule has 1 fully saturated rings. The zero-order chi connectivity index (χ0) is 18.8. The molecular formula is C19H15F3N4O. The van der Waals surface area contributed by atoms with E-state index in [9.17, 15) is 18.0 Å². The van der Waals surface area contributed by atoms with Crippen molar-refractivity contribution in [2.75, 3.05) is 0 Å². The zero-order valence-corrected chi connectivity index (χ0v) is 14.2. The van der Waals surface area contributed by atoms with Gasteiger partial charge in [-0.3, -0.25) is 14.8 Å². The highest BCUT2D eigenvalue weighted by Gasteiger charge is 2.53. The highest BCUT2D eigenvalue weighted by atomic mass is 19.4. The third kappa shape index (κ3) is 2.39. The van der Waals surface area contributed by atoms with Gasteiger partial charge in [0.05, 0.1) is 11.7 Å². The van der Waals surface area contributed by atoms with Crippen LogP contribution in [0.1, 0.15) is 47.5 Å². The van der Waals surface area contributed by atoms with Crippen molar-refractivity contribution >= 4 is 11.7 Å². The van der Waals surface area contributed by atoms with E-state index in [1.165, 1.54) is 6.07 Å². The lowest BCUT2D eigenvalue weighted by Crippen LogP contribution is -2.53. The quantitative estimate of drug-likeness (QED) is 0.837. The number of aryl methyl sites for hydroxylation is 1. The summed E-state index contributed by atoms with van der Waals surface area (Å²) in [4.78, 5) is 25.9. The second-order valence-corrected chi connectivity index (χ2v) is 7.16. The summed E-state index contributed by atoms with van der Waals surface area (Å²) in [5.41, 5.74) is -0.318. The largest absolute Gasteiger partial charge is 0.433 e. The van der Waals surface area contributed by atoms with E-state index < -0.39 is 17.3 Å². The molecule has 0 aromatic carbocycles. The van der Waals surface area contributed by atoms with E-state index in [1.807, 2.05) is 0 Å². The molecule has 0 saturated heterocycles. The maximum Gasteiger partial charge on any atom is 0.433 e. The highest BCUT2D eigenvalue weighted by molar-refractivity contribution is 6.16. The summed E-state index contributed by atoms with van der Waals surface area (Å²) in [5, 5.41) is 2.84. The highest BCUT2D eigenvalue weighted by Crippen LogP contribution is 2.46. The Morgan fingerprint density at radius 3 is 2.78 bits per heavy atom. The predicted octanol–water partition coefficient (Wildman–Crippen LogP) is 2.77. The number of amidine groups is 1. The Kier molecular flexibility index (Phi) is 3.26. The van der Waals surface area contributed by atoms with Crippen LogP contribution < -0.4 is 5.32 Å². The number of hydrogen-bond acceptors (Lipinski definition) is 4. The van der Waals surface area contributed by atoms with Crippen molar-refractivity contribution in [1.29, 1.82) is 0 Å². The molecule has 2 aromatic heterocycles. The van der Waals surface area contributed by atoms with Crippen LogP contribution in [-0.4, -0.2) is 27.8 Å². The molecule has 5 rings (SSSR count). The smallest absolute Gasteiger partial charge is 0.309 e. The van der Waals surface area contributed by atoms with Gasteiger partial charge in [-0.15, -0.1) is 0 Å². The first-order valence-corrected chi connectivity index (χ1v) is 8.82. The molecule has 1 saturated carbocycles. The number of aromatic nitrogens is 2. The first-order valence-electron chi connectivity index (χ1n) is 8.82. The summed E-state index contributed by atoms with van der Waals surface area (Å²) in [6.07, 6.45) is -0.284. The number of nitrogens with zero attached hydrogens (tertiary/aromatic N) is 3. The van der Waals surface area contributed by atoms with Gasteiger partial charge in [0.1, 0.15) is 16.9 Å². The molecule has 5 nitrogen and oxygen atoms in total. The fraction of sp³-hybridized carbons (Fsp3) is 0.368. The number of amides is 1. The van der Waals surface area contributed by atoms with E-state index in [2.05, 4.69) is 20.3 Å². The van der Waals surface area contributed by atoms with E-state index in [0.717, 1.165) is 24.6 Å². The van der Waals surface area contributed by atoms with Gasteiger partial charge in [-0.2, -0.15) is 13.2 Å². The van der Waals surface area contributed by atoms with Crippen LogP contribution in [0.4, 0.5) is 13.2 Å². The number of halogens is 3. The topological polar surface area (TPSA) is 67.2 Å². The summed E-state index contributed by atoms with van der Waals surface area (Å²) in [7, 11) is 0. The number of alkyl halides is 3. The number of hydrogen-bond donors (Lipinski definition) is 1. The van der Waals surface area contributed by atoms with Crippen molar-refractivity contribution in [3.63, 3.8) is 0 Å². The molecule has 1 atom stereocenters. The molecule has 3 aliphatic rings. The predicted molar refractivity (Wildman–Crippen MR) is 90.3 cm³/mol. The summed E-state index contributed by atoms with van der Waals surface area (Å²) in [6.45, 7) is 0. The van der Waals surface area contributed by atoms with Crippen molar-refractivity contribution in [2.24, 2.45) is 4.99 Å². The molecule has 8 heteroatoms. The molecule has 1 spiro atoms. The van der Waals surface area contributed by atoms with Crippen LogP contribution in [-0.2, 0) is 22.8 Å². The van der Waals surface area contributed by atoms with Crippen molar-refractivity contribution in [3.8, 4) is 0 Å². The van der Waals surface area contributed by atoms with Gasteiger partial charge in [0.15, 0.2) is 0 Å². The summed E-state index contributed by atoms with van der Waals surface area (Å²) < 4.78 is 40.0. The molecule has 0 bridgehead atoms. The van der Waals surface area contributed by atoms with Gasteiger partial charge in [0, 0.05) is 17.5 Å². The number of rotatable bonds is 1. The van der Waals surface area contributed by atoms with Crippen LogP contribution >= 0.6 is 0 Å². The Morgan fingerprint density at radius 1 is 1.22 bits per heavy atom. The minimum absolute atomic E-state index is 0.113. The molecule has 2 aliphatic carbocycles. The summed E-state index contributed by atoms with van der Waals surface area (Å²) in [5.74, 6) is -0.0605. The number of carbonyl (C=O) groups is 1. The third-order valence-electron chi connectivity index (χ3n) is 5.41. The maximum atomic E-state index is 13.3. The fourth-order valence-corrected chi connectivity index (χ4v) is 3.96. The standard InChI is InChI=1S/C19H15F3N4O/c20-19(21,22)14-6-5-11-15(25-14)18(8-7-13-12(18)2-1-9-23-13)17(27)26-16(11)24-10-3-4-10/h1-2,5-6,9-10H,3-4,7-8H2,(H,24,26,27)/t18-/m1/s1. The van der Waals surface area contributed by atoms with Crippen LogP contribution in [0.2, 0.25) is 0 Å². The second kappa shape index (κ2) is 5.37. The zero-order valence-electron chi connectivity index (χ0n) is 14.2. The van der Waals surface area contributed by atoms with Gasteiger partial charge in [0.2, 0.25) is 5.91 Å². The molecule has 1 amide bonds. The van der Waals surface area contributed by atoms with E-state index in [4.69, 9.17) is 0 Å². The van der Waals surface area contributed by atoms with Crippen LogP contribution in [0, 0.1) is 0 Å². The van der Waals surface area contributed by atoms with Crippen LogP contribution in [0.3, 0.4) is 0 Å². The molecular weight excluding hydrogens is 357 g/mol. The Morgan fingerprint density at radius 2 is 2.04 bits per heavy atom. The van der Waals surface area contributed by atoms with Crippen LogP contribution in [0.25, 0.3) is 0 Å². The Hall–Kier alpha value is -2.77. The molecule has 1 N–H and O–H groups in total. The number of carbonyl (C=O) groups excluding carboxylic acids is 1. The second-order valence-electron chi connectivity index (χ2n) is 7.16. The molecule has 27 heavy (non-hydrogen) atoms. The van der Waals surface area contributed by atoms with Gasteiger partial charge in [-0.1, -0.05) is 6.07 Å². The molecule has 0 radical (unpaired) electrons. The van der Waals surface area contributed by atoms with E-state index >= 15 is 0 Å². The van der Waals surface area contributed by atoms with Gasteiger partial charge >= 0.3 is 6.18 Å². The minimum Gasteiger partial charge on any atom is -0.309 e. The number of fused-ring (bicyclic) bond motifs is 4. The van der Waals surface area contributed by atoms with Crippen molar-refractivity contribution in [1.82, 2.24) is 15.3 Å². The first-order chi connectivity index (χ1) is 12.9. The van der Waals surface area contributed by atoms with Crippen molar-refractivity contribution < 1.29 is 18.0 Å². The monoisotopic (exact) mass is 372 g/mol. The lowest BCUT2D eigenvalue weighted by atomic mass is 9.73. The van der Waals surface area contributed by atoms with Gasteiger partial charge in [0.25, 0.3) is 0 Å². The SMILES string of the molecule is O=C1NC(=NC2CC2)c2ccc(C(F)(F)F)nc2[C@]12CCc1ncccc12. The third-order valence-corrected chi connectivity index (χ3v) is 5.41. The van der Waals surface area contributed by atoms with Crippen LogP contribution in [0.5, 0.6) is 0 Å². The Bertz CT molecular complexity index is 997. The van der Waals surface area contributed by atoms with E-state index in [-0.39, 0.29) is 17.6 Å². The molecule has 138 valence electrons. The van der Waals surface area contributed by atoms with Crippen molar-refractivity contribution in [2.45, 2.75) is 43.3 Å². The normalized spacial score (nSPS) is 25.4. The number of pyridine rings is 2. The molecule has 2 aromatic rings. The summed E-state index contributed by atoms with van der Waals surface area (Å²) >= 11 is 0. The number of nitrogens with one attached hydrogen (secondary N) is 1. The average Bonchev–Trinajstić information content (AvgIpc) is 3.37.